The lowest BCUT2D eigenvalue weighted by Gasteiger charge is -2.34. The van der Waals surface area contributed by atoms with Crippen LogP contribution < -0.4 is 5.32 Å². The molecule has 0 aromatic rings. The van der Waals surface area contributed by atoms with Crippen molar-refractivity contribution in [1.82, 2.24) is 20.0 Å². The second-order valence-corrected chi connectivity index (χ2v) is 5.71. The van der Waals surface area contributed by atoms with Gasteiger partial charge in [-0.2, -0.15) is 0 Å². The monoisotopic (exact) mass is 254 g/mol. The van der Waals surface area contributed by atoms with E-state index in [1.165, 1.54) is 6.42 Å². The number of piperazine rings is 1. The third-order valence-electron chi connectivity index (χ3n) is 3.64. The summed E-state index contributed by atoms with van der Waals surface area (Å²) < 4.78 is 0. The van der Waals surface area contributed by atoms with E-state index in [4.69, 9.17) is 0 Å². The zero-order valence-electron chi connectivity index (χ0n) is 11.7. The van der Waals surface area contributed by atoms with Crippen molar-refractivity contribution in [3.63, 3.8) is 0 Å². The number of hydrogen-bond donors (Lipinski definition) is 1. The van der Waals surface area contributed by atoms with Crippen LogP contribution in [0.1, 0.15) is 19.3 Å². The van der Waals surface area contributed by atoms with E-state index >= 15 is 0 Å². The number of urea groups is 1. The molecule has 0 unspecified atom stereocenters. The van der Waals surface area contributed by atoms with Gasteiger partial charge in [-0.25, -0.2) is 4.79 Å². The second-order valence-electron chi connectivity index (χ2n) is 5.71. The van der Waals surface area contributed by atoms with Crippen molar-refractivity contribution in [2.75, 3.05) is 53.4 Å². The van der Waals surface area contributed by atoms with Gasteiger partial charge < -0.3 is 15.1 Å². The topological polar surface area (TPSA) is 38.8 Å². The minimum absolute atomic E-state index is 0.144. The van der Waals surface area contributed by atoms with Crippen LogP contribution in [0.15, 0.2) is 0 Å². The highest BCUT2D eigenvalue weighted by Crippen LogP contribution is 2.19. The molecular weight excluding hydrogens is 228 g/mol. The Balaban J connectivity index is 1.59. The molecule has 1 saturated heterocycles. The quantitative estimate of drug-likeness (QED) is 0.773. The standard InChI is InChI=1S/C13H26N4O/c1-15(2)6-3-7-16-8-10-17(11-9-16)13(18)14-12-4-5-12/h12H,3-11H2,1-2H3,(H,14,18). The molecular formula is C13H26N4O. The number of hydrogen-bond acceptors (Lipinski definition) is 3. The molecule has 0 radical (unpaired) electrons. The molecule has 5 heteroatoms. The van der Waals surface area contributed by atoms with Gasteiger partial charge in [0, 0.05) is 32.2 Å². The molecule has 0 spiro atoms. The van der Waals surface area contributed by atoms with Crippen LogP contribution in [-0.4, -0.2) is 80.1 Å². The predicted octanol–water partition coefficient (Wildman–Crippen LogP) is 0.428. The van der Waals surface area contributed by atoms with Crippen molar-refractivity contribution in [2.24, 2.45) is 0 Å². The molecule has 0 atom stereocenters. The van der Waals surface area contributed by atoms with Gasteiger partial charge in [-0.15, -0.1) is 0 Å². The second kappa shape index (κ2) is 6.38. The normalized spacial score (nSPS) is 21.4. The summed E-state index contributed by atoms with van der Waals surface area (Å²) in [6.45, 7) is 6.08. The molecule has 1 aliphatic carbocycles. The zero-order valence-corrected chi connectivity index (χ0v) is 11.7. The first-order valence-corrected chi connectivity index (χ1v) is 7.07. The van der Waals surface area contributed by atoms with Gasteiger partial charge in [0.2, 0.25) is 0 Å². The average Bonchev–Trinajstić information content (AvgIpc) is 3.13. The Morgan fingerprint density at radius 2 is 1.89 bits per heavy atom. The lowest BCUT2D eigenvalue weighted by atomic mass is 10.3. The van der Waals surface area contributed by atoms with Crippen LogP contribution in [0.4, 0.5) is 4.79 Å². The third-order valence-corrected chi connectivity index (χ3v) is 3.64. The summed E-state index contributed by atoms with van der Waals surface area (Å²) in [5, 5.41) is 3.06. The van der Waals surface area contributed by atoms with Gasteiger partial charge in [-0.1, -0.05) is 0 Å². The van der Waals surface area contributed by atoms with Crippen LogP contribution in [-0.2, 0) is 0 Å². The molecule has 1 heterocycles. The Morgan fingerprint density at radius 3 is 2.44 bits per heavy atom. The van der Waals surface area contributed by atoms with Gasteiger partial charge in [0.1, 0.15) is 0 Å². The zero-order chi connectivity index (χ0) is 13.0. The van der Waals surface area contributed by atoms with Gasteiger partial charge in [-0.05, 0) is 46.4 Å². The SMILES string of the molecule is CN(C)CCCN1CCN(C(=O)NC2CC2)CC1. The molecule has 2 rings (SSSR count). The Hall–Kier alpha value is -0.810. The lowest BCUT2D eigenvalue weighted by molar-refractivity contribution is 0.136. The lowest BCUT2D eigenvalue weighted by Crippen LogP contribution is -2.52. The van der Waals surface area contributed by atoms with E-state index in [2.05, 4.69) is 29.2 Å². The number of rotatable bonds is 5. The molecule has 1 saturated carbocycles. The Bertz CT molecular complexity index is 270. The fourth-order valence-corrected chi connectivity index (χ4v) is 2.28. The molecule has 104 valence electrons. The summed E-state index contributed by atoms with van der Waals surface area (Å²) in [7, 11) is 4.22. The third kappa shape index (κ3) is 4.46. The van der Waals surface area contributed by atoms with E-state index in [1.54, 1.807) is 0 Å². The van der Waals surface area contributed by atoms with Crippen LogP contribution in [0.2, 0.25) is 0 Å². The number of amides is 2. The molecule has 0 bridgehead atoms. The maximum absolute atomic E-state index is 11.8. The van der Waals surface area contributed by atoms with Crippen molar-refractivity contribution in [1.29, 1.82) is 0 Å². The first-order chi connectivity index (χ1) is 8.65. The maximum atomic E-state index is 11.8. The van der Waals surface area contributed by atoms with Gasteiger partial charge in [0.25, 0.3) is 0 Å². The highest BCUT2D eigenvalue weighted by molar-refractivity contribution is 5.75. The number of nitrogens with one attached hydrogen (secondary N) is 1. The highest BCUT2D eigenvalue weighted by Gasteiger charge is 2.27. The number of nitrogens with zero attached hydrogens (tertiary/aromatic N) is 3. The van der Waals surface area contributed by atoms with Crippen molar-refractivity contribution in [3.05, 3.63) is 0 Å². The summed E-state index contributed by atoms with van der Waals surface area (Å²) in [6.07, 6.45) is 3.54. The fourth-order valence-electron chi connectivity index (χ4n) is 2.28. The van der Waals surface area contributed by atoms with Crippen LogP contribution in [0.25, 0.3) is 0 Å². The molecule has 0 aromatic carbocycles. The van der Waals surface area contributed by atoms with Crippen LogP contribution in [0, 0.1) is 0 Å². The van der Waals surface area contributed by atoms with Crippen LogP contribution in [0.3, 0.4) is 0 Å². The van der Waals surface area contributed by atoms with Crippen LogP contribution in [0.5, 0.6) is 0 Å². The molecule has 2 fully saturated rings. The predicted molar refractivity (Wildman–Crippen MR) is 72.7 cm³/mol. The van der Waals surface area contributed by atoms with E-state index < -0.39 is 0 Å². The fraction of sp³-hybridized carbons (Fsp3) is 0.923. The Kier molecular flexibility index (Phi) is 4.83. The molecule has 1 aliphatic heterocycles. The molecule has 1 N–H and O–H groups in total. The summed E-state index contributed by atoms with van der Waals surface area (Å²) in [4.78, 5) is 18.5. The minimum Gasteiger partial charge on any atom is -0.335 e. The summed E-state index contributed by atoms with van der Waals surface area (Å²) in [5.74, 6) is 0. The van der Waals surface area contributed by atoms with Crippen molar-refractivity contribution in [3.8, 4) is 0 Å². The molecule has 0 aromatic heterocycles. The minimum atomic E-state index is 0.144. The first-order valence-electron chi connectivity index (χ1n) is 7.07. The average molecular weight is 254 g/mol. The smallest absolute Gasteiger partial charge is 0.317 e. The number of carbonyl (C=O) groups is 1. The van der Waals surface area contributed by atoms with Crippen LogP contribution >= 0.6 is 0 Å². The highest BCUT2D eigenvalue weighted by atomic mass is 16.2. The van der Waals surface area contributed by atoms with Crippen molar-refractivity contribution < 1.29 is 4.79 Å². The van der Waals surface area contributed by atoms with Crippen molar-refractivity contribution in [2.45, 2.75) is 25.3 Å². The van der Waals surface area contributed by atoms with E-state index in [0.29, 0.717) is 6.04 Å². The van der Waals surface area contributed by atoms with E-state index in [0.717, 1.165) is 52.1 Å². The Labute approximate surface area is 110 Å². The summed E-state index contributed by atoms with van der Waals surface area (Å²) in [6, 6.07) is 0.612. The van der Waals surface area contributed by atoms with E-state index in [9.17, 15) is 4.79 Å². The van der Waals surface area contributed by atoms with E-state index in [1.807, 2.05) is 4.90 Å². The largest absolute Gasteiger partial charge is 0.335 e. The Morgan fingerprint density at radius 1 is 1.22 bits per heavy atom. The van der Waals surface area contributed by atoms with Gasteiger partial charge in [-0.3, -0.25) is 4.90 Å². The van der Waals surface area contributed by atoms with E-state index in [-0.39, 0.29) is 6.03 Å². The first kappa shape index (κ1) is 13.6. The summed E-state index contributed by atoms with van der Waals surface area (Å²) >= 11 is 0. The van der Waals surface area contributed by atoms with Gasteiger partial charge >= 0.3 is 6.03 Å². The van der Waals surface area contributed by atoms with Gasteiger partial charge in [0.05, 0.1) is 0 Å². The maximum Gasteiger partial charge on any atom is 0.317 e. The molecule has 2 amide bonds. The van der Waals surface area contributed by atoms with Crippen molar-refractivity contribution >= 4 is 6.03 Å². The molecule has 2 aliphatic rings. The van der Waals surface area contributed by atoms with Gasteiger partial charge in [0.15, 0.2) is 0 Å². The summed E-state index contributed by atoms with van der Waals surface area (Å²) in [5.41, 5.74) is 0. The molecule has 18 heavy (non-hydrogen) atoms. The molecule has 5 nitrogen and oxygen atoms in total. The number of carbonyl (C=O) groups excluding carboxylic acids is 1.